The maximum absolute atomic E-state index is 12.9. The lowest BCUT2D eigenvalue weighted by atomic mass is 10.3. The van der Waals surface area contributed by atoms with E-state index in [4.69, 9.17) is 0 Å². The van der Waals surface area contributed by atoms with E-state index in [9.17, 15) is 4.39 Å². The lowest BCUT2D eigenvalue weighted by molar-refractivity contribution is 0.270. The summed E-state index contributed by atoms with van der Waals surface area (Å²) in [4.78, 5) is 12.0. The Morgan fingerprint density at radius 3 is 2.60 bits per heavy atom. The van der Waals surface area contributed by atoms with Gasteiger partial charge in [0.05, 0.1) is 0 Å². The normalized spacial score (nSPS) is 18.1. The van der Waals surface area contributed by atoms with E-state index in [-0.39, 0.29) is 0 Å². The second-order valence-corrected chi connectivity index (χ2v) is 3.62. The molecule has 1 aliphatic heterocycles. The van der Waals surface area contributed by atoms with Gasteiger partial charge in [0.15, 0.2) is 0 Å². The number of rotatable bonds is 2. The first-order chi connectivity index (χ1) is 7.29. The second kappa shape index (κ2) is 4.53. The van der Waals surface area contributed by atoms with Crippen LogP contribution in [0.2, 0.25) is 0 Å². The number of piperazine rings is 1. The van der Waals surface area contributed by atoms with Crippen LogP contribution in [0.25, 0.3) is 0 Å². The zero-order chi connectivity index (χ0) is 10.7. The number of halogens is 1. The van der Waals surface area contributed by atoms with Crippen molar-refractivity contribution in [2.45, 2.75) is 6.92 Å². The van der Waals surface area contributed by atoms with E-state index in [2.05, 4.69) is 26.7 Å². The maximum Gasteiger partial charge on any atom is 0.218 e. The molecule has 0 saturated carbocycles. The summed E-state index contributed by atoms with van der Waals surface area (Å²) in [6.07, 6.45) is 1.27. The van der Waals surface area contributed by atoms with Gasteiger partial charge in [0.1, 0.15) is 12.1 Å². The summed E-state index contributed by atoms with van der Waals surface area (Å²) < 4.78 is 12.9. The topological polar surface area (TPSA) is 32.3 Å². The highest BCUT2D eigenvalue weighted by Gasteiger charge is 2.16. The summed E-state index contributed by atoms with van der Waals surface area (Å²) in [7, 11) is 0. The fourth-order valence-corrected chi connectivity index (χ4v) is 1.79. The molecule has 1 aliphatic rings. The van der Waals surface area contributed by atoms with Crippen molar-refractivity contribution >= 4 is 5.82 Å². The fraction of sp³-hybridized carbons (Fsp3) is 0.600. The third-order valence-corrected chi connectivity index (χ3v) is 2.76. The number of hydrogen-bond acceptors (Lipinski definition) is 4. The zero-order valence-electron chi connectivity index (χ0n) is 8.86. The molecule has 5 heteroatoms. The van der Waals surface area contributed by atoms with Crippen LogP contribution in [0.15, 0.2) is 12.4 Å². The van der Waals surface area contributed by atoms with Gasteiger partial charge in [-0.2, -0.15) is 4.39 Å². The van der Waals surface area contributed by atoms with Gasteiger partial charge in [-0.3, -0.25) is 0 Å². The van der Waals surface area contributed by atoms with E-state index >= 15 is 0 Å². The molecule has 4 nitrogen and oxygen atoms in total. The van der Waals surface area contributed by atoms with Crippen molar-refractivity contribution in [1.29, 1.82) is 0 Å². The van der Waals surface area contributed by atoms with Crippen molar-refractivity contribution in [1.82, 2.24) is 14.9 Å². The fourth-order valence-electron chi connectivity index (χ4n) is 1.79. The molecule has 2 heterocycles. The first-order valence-electron chi connectivity index (χ1n) is 5.24. The van der Waals surface area contributed by atoms with Gasteiger partial charge < -0.3 is 9.80 Å². The highest BCUT2D eigenvalue weighted by Crippen LogP contribution is 2.12. The van der Waals surface area contributed by atoms with Crippen LogP contribution in [0.5, 0.6) is 0 Å². The van der Waals surface area contributed by atoms with E-state index in [1.165, 1.54) is 12.4 Å². The van der Waals surface area contributed by atoms with Crippen LogP contribution >= 0.6 is 0 Å². The Kier molecular flexibility index (Phi) is 3.11. The van der Waals surface area contributed by atoms with Crippen LogP contribution < -0.4 is 4.90 Å². The monoisotopic (exact) mass is 210 g/mol. The average Bonchev–Trinajstić information content (AvgIpc) is 2.29. The minimum atomic E-state index is -0.460. The van der Waals surface area contributed by atoms with E-state index in [1.807, 2.05) is 0 Å². The summed E-state index contributed by atoms with van der Waals surface area (Å²) in [6.45, 7) is 7.07. The number of likely N-dealkylation sites (N-methyl/N-ethyl adjacent to an activating group) is 1. The number of anilines is 1. The quantitative estimate of drug-likeness (QED) is 0.674. The number of aromatic nitrogens is 2. The van der Waals surface area contributed by atoms with Crippen molar-refractivity contribution in [3.8, 4) is 0 Å². The summed E-state index contributed by atoms with van der Waals surface area (Å²) in [5.74, 6) is 0.233. The molecular weight excluding hydrogens is 195 g/mol. The smallest absolute Gasteiger partial charge is 0.218 e. The molecule has 0 aliphatic carbocycles. The molecular formula is C10H15FN4. The Morgan fingerprint density at radius 2 is 2.00 bits per heavy atom. The van der Waals surface area contributed by atoms with Gasteiger partial charge in [0.2, 0.25) is 5.95 Å². The standard InChI is InChI=1S/C10H15FN4/c1-2-14-3-5-15(6-4-14)10-7-9(11)12-8-13-10/h7-8H,2-6H2,1H3. The molecule has 0 aromatic carbocycles. The predicted octanol–water partition coefficient (Wildman–Crippen LogP) is 0.758. The van der Waals surface area contributed by atoms with Gasteiger partial charge >= 0.3 is 0 Å². The summed E-state index contributed by atoms with van der Waals surface area (Å²) in [5, 5.41) is 0. The highest BCUT2D eigenvalue weighted by molar-refractivity contribution is 5.37. The Hall–Kier alpha value is -1.23. The van der Waals surface area contributed by atoms with Gasteiger partial charge in [-0.15, -0.1) is 0 Å². The molecule has 0 bridgehead atoms. The lowest BCUT2D eigenvalue weighted by Crippen LogP contribution is -2.46. The largest absolute Gasteiger partial charge is 0.354 e. The summed E-state index contributed by atoms with van der Waals surface area (Å²) >= 11 is 0. The summed E-state index contributed by atoms with van der Waals surface area (Å²) in [6, 6.07) is 1.39. The lowest BCUT2D eigenvalue weighted by Gasteiger charge is -2.34. The molecule has 0 atom stereocenters. The van der Waals surface area contributed by atoms with Crippen LogP contribution in [0.1, 0.15) is 6.92 Å². The van der Waals surface area contributed by atoms with Gasteiger partial charge in [0.25, 0.3) is 0 Å². The van der Waals surface area contributed by atoms with E-state index in [0.717, 1.165) is 32.7 Å². The average molecular weight is 210 g/mol. The molecule has 1 aromatic rings. The first-order valence-corrected chi connectivity index (χ1v) is 5.24. The number of nitrogens with zero attached hydrogens (tertiary/aromatic N) is 4. The molecule has 0 radical (unpaired) electrons. The van der Waals surface area contributed by atoms with Crippen LogP contribution in [-0.4, -0.2) is 47.6 Å². The van der Waals surface area contributed by atoms with Crippen molar-refractivity contribution < 1.29 is 4.39 Å². The molecule has 0 spiro atoms. The molecule has 1 fully saturated rings. The van der Waals surface area contributed by atoms with Crippen molar-refractivity contribution in [2.24, 2.45) is 0 Å². The second-order valence-electron chi connectivity index (χ2n) is 3.62. The molecule has 2 rings (SSSR count). The molecule has 82 valence electrons. The van der Waals surface area contributed by atoms with E-state index in [1.54, 1.807) is 0 Å². The zero-order valence-corrected chi connectivity index (χ0v) is 8.86. The highest BCUT2D eigenvalue weighted by atomic mass is 19.1. The number of hydrogen-bond donors (Lipinski definition) is 0. The van der Waals surface area contributed by atoms with Crippen molar-refractivity contribution in [3.63, 3.8) is 0 Å². The van der Waals surface area contributed by atoms with Gasteiger partial charge in [-0.1, -0.05) is 6.92 Å². The van der Waals surface area contributed by atoms with E-state index < -0.39 is 5.95 Å². The van der Waals surface area contributed by atoms with Crippen LogP contribution in [0.4, 0.5) is 10.2 Å². The van der Waals surface area contributed by atoms with Gasteiger partial charge in [0, 0.05) is 32.2 Å². The Balaban J connectivity index is 2.01. The maximum atomic E-state index is 12.9. The summed E-state index contributed by atoms with van der Waals surface area (Å²) in [5.41, 5.74) is 0. The van der Waals surface area contributed by atoms with Crippen molar-refractivity contribution in [3.05, 3.63) is 18.3 Å². The first kappa shape index (κ1) is 10.3. The molecule has 0 unspecified atom stereocenters. The minimum Gasteiger partial charge on any atom is -0.354 e. The molecule has 0 N–H and O–H groups in total. The van der Waals surface area contributed by atoms with Crippen LogP contribution in [-0.2, 0) is 0 Å². The van der Waals surface area contributed by atoms with Crippen molar-refractivity contribution in [2.75, 3.05) is 37.6 Å². The van der Waals surface area contributed by atoms with Gasteiger partial charge in [-0.05, 0) is 6.54 Å². The SMILES string of the molecule is CCN1CCN(c2cc(F)ncn2)CC1. The predicted molar refractivity (Wildman–Crippen MR) is 56.3 cm³/mol. The minimum absolute atomic E-state index is 0.460. The van der Waals surface area contributed by atoms with Crippen LogP contribution in [0.3, 0.4) is 0 Å². The molecule has 1 saturated heterocycles. The Morgan fingerprint density at radius 1 is 1.27 bits per heavy atom. The Labute approximate surface area is 88.7 Å². The Bertz CT molecular complexity index is 323. The molecule has 1 aromatic heterocycles. The molecule has 0 amide bonds. The molecule has 15 heavy (non-hydrogen) atoms. The van der Waals surface area contributed by atoms with Gasteiger partial charge in [-0.25, -0.2) is 9.97 Å². The van der Waals surface area contributed by atoms with E-state index in [0.29, 0.717) is 5.82 Å². The third-order valence-electron chi connectivity index (χ3n) is 2.76. The third kappa shape index (κ3) is 2.41. The van der Waals surface area contributed by atoms with Crippen LogP contribution in [0, 0.1) is 5.95 Å².